The zero-order valence-corrected chi connectivity index (χ0v) is 13.3. The van der Waals surface area contributed by atoms with E-state index in [2.05, 4.69) is 0 Å². The summed E-state index contributed by atoms with van der Waals surface area (Å²) in [6.07, 6.45) is 2.55. The second-order valence-electron chi connectivity index (χ2n) is 7.09. The summed E-state index contributed by atoms with van der Waals surface area (Å²) in [7, 11) is -0.894. The third-order valence-corrected chi connectivity index (χ3v) is 4.82. The third-order valence-electron chi connectivity index (χ3n) is 4.82. The number of allylic oxidation sites excluding steroid dienone is 1. The first-order valence-corrected chi connectivity index (χ1v) is 7.49. The molecule has 2 unspecified atom stereocenters. The van der Waals surface area contributed by atoms with Crippen molar-refractivity contribution in [1.82, 2.24) is 0 Å². The SMILES string of the molecule is Cc1ccc(C2CC2C=C(F)B2OC(C)(C)C(C)(C)O2)o1. The number of hydrogen-bond donors (Lipinski definition) is 0. The van der Waals surface area contributed by atoms with E-state index in [-0.39, 0.29) is 17.6 Å². The fourth-order valence-electron chi connectivity index (χ4n) is 2.62. The molecule has 0 aromatic carbocycles. The summed E-state index contributed by atoms with van der Waals surface area (Å²) in [6, 6.07) is 3.92. The zero-order chi connectivity index (χ0) is 15.4. The molecule has 2 atom stereocenters. The highest BCUT2D eigenvalue weighted by molar-refractivity contribution is 6.53. The van der Waals surface area contributed by atoms with Crippen LogP contribution in [0.1, 0.15) is 51.6 Å². The van der Waals surface area contributed by atoms with Crippen molar-refractivity contribution in [3.8, 4) is 0 Å². The molecule has 1 aromatic rings. The Hall–Kier alpha value is -1.07. The van der Waals surface area contributed by atoms with Gasteiger partial charge in [-0.3, -0.25) is 0 Å². The van der Waals surface area contributed by atoms with Gasteiger partial charge in [0.15, 0.2) is 0 Å². The van der Waals surface area contributed by atoms with Gasteiger partial charge in [-0.25, -0.2) is 4.39 Å². The van der Waals surface area contributed by atoms with Crippen LogP contribution in [0.4, 0.5) is 4.39 Å². The number of hydrogen-bond acceptors (Lipinski definition) is 3. The van der Waals surface area contributed by atoms with Crippen molar-refractivity contribution in [3.05, 3.63) is 35.5 Å². The lowest BCUT2D eigenvalue weighted by Crippen LogP contribution is -2.41. The van der Waals surface area contributed by atoms with Crippen molar-refractivity contribution < 1.29 is 18.1 Å². The number of aryl methyl sites for hydroxylation is 1. The molecule has 0 amide bonds. The van der Waals surface area contributed by atoms with Crippen LogP contribution in [0.2, 0.25) is 0 Å². The largest absolute Gasteiger partial charge is 0.524 e. The molecule has 1 aliphatic carbocycles. The Morgan fingerprint density at radius 3 is 2.38 bits per heavy atom. The molecule has 2 fully saturated rings. The Morgan fingerprint density at radius 1 is 1.24 bits per heavy atom. The number of rotatable bonds is 3. The van der Waals surface area contributed by atoms with Crippen LogP contribution >= 0.6 is 0 Å². The topological polar surface area (TPSA) is 31.6 Å². The summed E-state index contributed by atoms with van der Waals surface area (Å²) < 4.78 is 31.4. The summed E-state index contributed by atoms with van der Waals surface area (Å²) >= 11 is 0. The summed E-state index contributed by atoms with van der Waals surface area (Å²) in [6.45, 7) is 9.61. The van der Waals surface area contributed by atoms with Crippen LogP contribution in [0.15, 0.2) is 28.4 Å². The van der Waals surface area contributed by atoms with Crippen molar-refractivity contribution in [2.45, 2.75) is 58.2 Å². The first kappa shape index (κ1) is 14.9. The molecule has 0 radical (unpaired) electrons. The first-order valence-electron chi connectivity index (χ1n) is 7.49. The van der Waals surface area contributed by atoms with Crippen LogP contribution in [0.3, 0.4) is 0 Å². The molecule has 0 bridgehead atoms. The lowest BCUT2D eigenvalue weighted by atomic mass is 9.87. The van der Waals surface area contributed by atoms with Crippen molar-refractivity contribution in [1.29, 1.82) is 0 Å². The van der Waals surface area contributed by atoms with E-state index in [4.69, 9.17) is 13.7 Å². The molecule has 0 N–H and O–H groups in total. The van der Waals surface area contributed by atoms with Crippen LogP contribution in [0.25, 0.3) is 0 Å². The van der Waals surface area contributed by atoms with E-state index >= 15 is 0 Å². The molecular formula is C16H22BFO3. The predicted molar refractivity (Wildman–Crippen MR) is 79.6 cm³/mol. The van der Waals surface area contributed by atoms with Crippen molar-refractivity contribution in [2.24, 2.45) is 5.92 Å². The van der Waals surface area contributed by atoms with Crippen LogP contribution in [-0.2, 0) is 9.31 Å². The van der Waals surface area contributed by atoms with Crippen molar-refractivity contribution in [2.75, 3.05) is 0 Å². The van der Waals surface area contributed by atoms with Gasteiger partial charge >= 0.3 is 7.12 Å². The van der Waals surface area contributed by atoms with Crippen LogP contribution < -0.4 is 0 Å². The van der Waals surface area contributed by atoms with E-state index in [1.807, 2.05) is 46.8 Å². The monoisotopic (exact) mass is 292 g/mol. The molecule has 3 rings (SSSR count). The van der Waals surface area contributed by atoms with Gasteiger partial charge in [0.05, 0.1) is 11.2 Å². The molecule has 114 valence electrons. The van der Waals surface area contributed by atoms with Gasteiger partial charge in [0.2, 0.25) is 0 Å². The molecule has 1 aliphatic heterocycles. The van der Waals surface area contributed by atoms with E-state index in [9.17, 15) is 4.39 Å². The molecule has 21 heavy (non-hydrogen) atoms. The fraction of sp³-hybridized carbons (Fsp3) is 0.625. The average molecular weight is 292 g/mol. The highest BCUT2D eigenvalue weighted by atomic mass is 19.1. The fourth-order valence-corrected chi connectivity index (χ4v) is 2.62. The van der Waals surface area contributed by atoms with E-state index in [1.165, 1.54) is 0 Å². The lowest BCUT2D eigenvalue weighted by Gasteiger charge is -2.32. The van der Waals surface area contributed by atoms with E-state index < -0.39 is 18.3 Å². The number of halogens is 1. The highest BCUT2D eigenvalue weighted by Crippen LogP contribution is 2.50. The molecule has 5 heteroatoms. The van der Waals surface area contributed by atoms with E-state index in [1.54, 1.807) is 6.08 Å². The third kappa shape index (κ3) is 2.69. The summed E-state index contributed by atoms with van der Waals surface area (Å²) in [5.74, 6) is 2.29. The second-order valence-corrected chi connectivity index (χ2v) is 7.09. The molecule has 1 aromatic heterocycles. The maximum atomic E-state index is 14.4. The van der Waals surface area contributed by atoms with Gasteiger partial charge in [0.25, 0.3) is 0 Å². The number of furan rings is 1. The standard InChI is InChI=1S/C16H22BFO3/c1-10-6-7-13(19-10)12-8-11(12)9-14(18)17-20-15(2,3)16(4,5)21-17/h6-7,9,11-12H,8H2,1-5H3. The quantitative estimate of drug-likeness (QED) is 0.783. The van der Waals surface area contributed by atoms with Gasteiger partial charge < -0.3 is 13.7 Å². The summed E-state index contributed by atoms with van der Waals surface area (Å²) in [5, 5.41) is 0. The van der Waals surface area contributed by atoms with Crippen molar-refractivity contribution >= 4 is 7.12 Å². The van der Waals surface area contributed by atoms with Crippen LogP contribution in [0, 0.1) is 12.8 Å². The van der Waals surface area contributed by atoms with Gasteiger partial charge in [-0.2, -0.15) is 0 Å². The van der Waals surface area contributed by atoms with Crippen molar-refractivity contribution in [3.63, 3.8) is 0 Å². The Labute approximate surface area is 125 Å². The Balaban J connectivity index is 1.66. The average Bonchev–Trinajstić information content (AvgIpc) is 2.91. The Bertz CT molecular complexity index is 560. The van der Waals surface area contributed by atoms with Crippen LogP contribution in [-0.4, -0.2) is 18.3 Å². The minimum atomic E-state index is -0.894. The summed E-state index contributed by atoms with van der Waals surface area (Å²) in [4.78, 5) is 0. The van der Waals surface area contributed by atoms with Gasteiger partial charge in [-0.1, -0.05) is 6.08 Å². The summed E-state index contributed by atoms with van der Waals surface area (Å²) in [5.41, 5.74) is -1.35. The maximum Gasteiger partial charge on any atom is 0.524 e. The smallest absolute Gasteiger partial charge is 0.466 e. The molecule has 2 aliphatic rings. The van der Waals surface area contributed by atoms with E-state index in [0.717, 1.165) is 17.9 Å². The Morgan fingerprint density at radius 2 is 1.86 bits per heavy atom. The molecule has 1 saturated carbocycles. The minimum Gasteiger partial charge on any atom is -0.466 e. The highest BCUT2D eigenvalue weighted by Gasteiger charge is 2.53. The first-order chi connectivity index (χ1) is 9.69. The normalized spacial score (nSPS) is 30.8. The van der Waals surface area contributed by atoms with Crippen LogP contribution in [0.5, 0.6) is 0 Å². The second kappa shape index (κ2) is 4.72. The zero-order valence-electron chi connectivity index (χ0n) is 13.3. The predicted octanol–water partition coefficient (Wildman–Crippen LogP) is 4.18. The maximum absolute atomic E-state index is 14.4. The lowest BCUT2D eigenvalue weighted by molar-refractivity contribution is 0.00578. The minimum absolute atomic E-state index is 0.176. The molecule has 3 nitrogen and oxygen atoms in total. The van der Waals surface area contributed by atoms with Gasteiger partial charge in [-0.15, -0.1) is 0 Å². The molecule has 0 spiro atoms. The van der Waals surface area contributed by atoms with Gasteiger partial charge in [0.1, 0.15) is 17.2 Å². The molecule has 1 saturated heterocycles. The van der Waals surface area contributed by atoms with Gasteiger partial charge in [-0.05, 0) is 59.1 Å². The van der Waals surface area contributed by atoms with Gasteiger partial charge in [0, 0.05) is 5.92 Å². The molecule has 2 heterocycles. The van der Waals surface area contributed by atoms with E-state index in [0.29, 0.717) is 0 Å². The molecular weight excluding hydrogens is 270 g/mol. The Kier molecular flexibility index (Phi) is 3.34.